The number of nitrogens with one attached hydrogen (secondary N) is 1. The lowest BCUT2D eigenvalue weighted by Gasteiger charge is -2.32. The number of rotatable bonds is 11. The predicted molar refractivity (Wildman–Crippen MR) is 143 cm³/mol. The Bertz CT molecular complexity index is 1090. The molecule has 0 unspecified atom stereocenters. The van der Waals surface area contributed by atoms with Gasteiger partial charge in [0.25, 0.3) is 0 Å². The van der Waals surface area contributed by atoms with Gasteiger partial charge in [0.15, 0.2) is 0 Å². The quantitative estimate of drug-likeness (QED) is 0.394. The minimum atomic E-state index is -0.582. The lowest BCUT2D eigenvalue weighted by molar-refractivity contribution is -0.141. The van der Waals surface area contributed by atoms with Gasteiger partial charge in [-0.1, -0.05) is 98.3 Å². The first-order valence-corrected chi connectivity index (χ1v) is 12.5. The molecule has 4 heteroatoms. The van der Waals surface area contributed by atoms with E-state index in [1.165, 1.54) is 5.56 Å². The summed E-state index contributed by atoms with van der Waals surface area (Å²) in [5.41, 5.74) is 5.55. The molecule has 0 saturated carbocycles. The predicted octanol–water partition coefficient (Wildman–Crippen LogP) is 5.65. The van der Waals surface area contributed by atoms with Crippen molar-refractivity contribution < 1.29 is 9.59 Å². The van der Waals surface area contributed by atoms with Crippen molar-refractivity contribution in [3.8, 4) is 0 Å². The molecule has 0 aliphatic carbocycles. The molecule has 3 rings (SSSR count). The van der Waals surface area contributed by atoms with Gasteiger partial charge in [-0.3, -0.25) is 9.59 Å². The Morgan fingerprint density at radius 1 is 0.829 bits per heavy atom. The monoisotopic (exact) mass is 470 g/mol. The summed E-state index contributed by atoms with van der Waals surface area (Å²) in [6.07, 6.45) is 1.49. The number of carbonyl (C=O) groups excluding carboxylic acids is 2. The second kappa shape index (κ2) is 12.9. The van der Waals surface area contributed by atoms with Gasteiger partial charge in [-0.25, -0.2) is 0 Å². The Morgan fingerprint density at radius 2 is 1.49 bits per heavy atom. The van der Waals surface area contributed by atoms with E-state index in [0.717, 1.165) is 22.3 Å². The van der Waals surface area contributed by atoms with Crippen LogP contribution < -0.4 is 5.32 Å². The van der Waals surface area contributed by atoms with Crippen molar-refractivity contribution in [2.75, 3.05) is 6.54 Å². The van der Waals surface area contributed by atoms with Crippen LogP contribution in [0.3, 0.4) is 0 Å². The van der Waals surface area contributed by atoms with Gasteiger partial charge in [0.2, 0.25) is 11.8 Å². The molecule has 184 valence electrons. The first kappa shape index (κ1) is 26.2. The molecular formula is C31H38N2O2. The molecule has 0 heterocycles. The molecule has 0 bridgehead atoms. The highest BCUT2D eigenvalue weighted by molar-refractivity contribution is 5.88. The molecule has 0 spiro atoms. The third-order valence-corrected chi connectivity index (χ3v) is 6.31. The number of aryl methyl sites for hydroxylation is 3. The molecule has 0 aliphatic heterocycles. The third kappa shape index (κ3) is 8.10. The average Bonchev–Trinajstić information content (AvgIpc) is 2.85. The van der Waals surface area contributed by atoms with E-state index in [4.69, 9.17) is 0 Å². The molecule has 2 amide bonds. The van der Waals surface area contributed by atoms with E-state index in [1.807, 2.05) is 48.5 Å². The zero-order valence-electron chi connectivity index (χ0n) is 21.5. The summed E-state index contributed by atoms with van der Waals surface area (Å²) >= 11 is 0. The molecule has 3 aromatic carbocycles. The van der Waals surface area contributed by atoms with Gasteiger partial charge in [-0.2, -0.15) is 0 Å². The minimum Gasteiger partial charge on any atom is -0.354 e. The van der Waals surface area contributed by atoms with Gasteiger partial charge in [-0.05, 0) is 48.4 Å². The Labute approximate surface area is 210 Å². The van der Waals surface area contributed by atoms with Crippen molar-refractivity contribution in [2.45, 2.75) is 59.5 Å². The van der Waals surface area contributed by atoms with Gasteiger partial charge < -0.3 is 10.2 Å². The SMILES string of the molecule is Cc1ccc(CCC(=O)N(Cc2ccccc2C)[C@H](Cc2ccccc2)C(=O)NCC(C)C)cc1. The van der Waals surface area contributed by atoms with E-state index >= 15 is 0 Å². The Morgan fingerprint density at radius 3 is 2.14 bits per heavy atom. The first-order chi connectivity index (χ1) is 16.8. The van der Waals surface area contributed by atoms with E-state index in [1.54, 1.807) is 4.90 Å². The molecule has 35 heavy (non-hydrogen) atoms. The summed E-state index contributed by atoms with van der Waals surface area (Å²) in [4.78, 5) is 29.0. The summed E-state index contributed by atoms with van der Waals surface area (Å²) in [5, 5.41) is 3.09. The molecule has 0 radical (unpaired) electrons. The number of carbonyl (C=O) groups is 2. The van der Waals surface area contributed by atoms with Crippen LogP contribution in [0.1, 0.15) is 48.1 Å². The maximum Gasteiger partial charge on any atom is 0.243 e. The maximum absolute atomic E-state index is 13.7. The number of hydrogen-bond acceptors (Lipinski definition) is 2. The van der Waals surface area contributed by atoms with Gasteiger partial charge >= 0.3 is 0 Å². The molecule has 0 aromatic heterocycles. The smallest absolute Gasteiger partial charge is 0.243 e. The van der Waals surface area contributed by atoms with Gasteiger partial charge in [-0.15, -0.1) is 0 Å². The molecule has 1 atom stereocenters. The van der Waals surface area contributed by atoms with Crippen molar-refractivity contribution in [1.82, 2.24) is 10.2 Å². The summed E-state index contributed by atoms with van der Waals surface area (Å²) in [6.45, 7) is 9.25. The Balaban J connectivity index is 1.90. The average molecular weight is 471 g/mol. The first-order valence-electron chi connectivity index (χ1n) is 12.5. The highest BCUT2D eigenvalue weighted by atomic mass is 16.2. The van der Waals surface area contributed by atoms with Crippen LogP contribution in [0, 0.1) is 19.8 Å². The Kier molecular flexibility index (Phi) is 9.66. The third-order valence-electron chi connectivity index (χ3n) is 6.31. The number of nitrogens with zero attached hydrogens (tertiary/aromatic N) is 1. The van der Waals surface area contributed by atoms with E-state index in [2.05, 4.69) is 63.3 Å². The molecule has 0 fully saturated rings. The second-order valence-corrected chi connectivity index (χ2v) is 9.78. The van der Waals surface area contributed by atoms with Crippen molar-refractivity contribution >= 4 is 11.8 Å². The van der Waals surface area contributed by atoms with Gasteiger partial charge in [0, 0.05) is 25.9 Å². The van der Waals surface area contributed by atoms with Crippen molar-refractivity contribution in [1.29, 1.82) is 0 Å². The molecule has 4 nitrogen and oxygen atoms in total. The lowest BCUT2D eigenvalue weighted by Crippen LogP contribution is -2.51. The standard InChI is InChI=1S/C31H38N2O2/c1-23(2)21-32-31(35)29(20-27-11-6-5-7-12-27)33(22-28-13-9-8-10-25(28)4)30(34)19-18-26-16-14-24(3)15-17-26/h5-17,23,29H,18-22H2,1-4H3,(H,32,35)/t29-/m1/s1. The van der Waals surface area contributed by atoms with Crippen LogP contribution in [0.15, 0.2) is 78.9 Å². The Hall–Kier alpha value is -3.40. The topological polar surface area (TPSA) is 49.4 Å². The normalized spacial score (nSPS) is 11.8. The van der Waals surface area contributed by atoms with Crippen LogP contribution in [0.4, 0.5) is 0 Å². The van der Waals surface area contributed by atoms with Crippen LogP contribution in [0.25, 0.3) is 0 Å². The highest BCUT2D eigenvalue weighted by Crippen LogP contribution is 2.19. The highest BCUT2D eigenvalue weighted by Gasteiger charge is 2.30. The van der Waals surface area contributed by atoms with Gasteiger partial charge in [0.05, 0.1) is 0 Å². The van der Waals surface area contributed by atoms with E-state index in [9.17, 15) is 9.59 Å². The van der Waals surface area contributed by atoms with Gasteiger partial charge in [0.1, 0.15) is 6.04 Å². The number of benzene rings is 3. The molecule has 3 aromatic rings. The fourth-order valence-corrected chi connectivity index (χ4v) is 4.10. The van der Waals surface area contributed by atoms with Crippen molar-refractivity contribution in [2.24, 2.45) is 5.92 Å². The summed E-state index contributed by atoms with van der Waals surface area (Å²) in [5.74, 6) is 0.229. The largest absolute Gasteiger partial charge is 0.354 e. The van der Waals surface area contributed by atoms with Crippen molar-refractivity contribution in [3.05, 3.63) is 107 Å². The van der Waals surface area contributed by atoms with Crippen LogP contribution in [0.5, 0.6) is 0 Å². The minimum absolute atomic E-state index is 0.00513. The van der Waals surface area contributed by atoms with E-state index in [-0.39, 0.29) is 11.8 Å². The molecule has 1 N–H and O–H groups in total. The fraction of sp³-hybridized carbons (Fsp3) is 0.355. The molecular weight excluding hydrogens is 432 g/mol. The van der Waals surface area contributed by atoms with E-state index in [0.29, 0.717) is 38.3 Å². The van der Waals surface area contributed by atoms with Crippen LogP contribution >= 0.6 is 0 Å². The zero-order chi connectivity index (χ0) is 25.2. The summed E-state index contributed by atoms with van der Waals surface area (Å²) in [6, 6.07) is 25.7. The van der Waals surface area contributed by atoms with Crippen LogP contribution in [-0.2, 0) is 29.0 Å². The van der Waals surface area contributed by atoms with Crippen molar-refractivity contribution in [3.63, 3.8) is 0 Å². The number of hydrogen-bond donors (Lipinski definition) is 1. The number of amides is 2. The lowest BCUT2D eigenvalue weighted by atomic mass is 10.00. The van der Waals surface area contributed by atoms with Crippen LogP contribution in [0.2, 0.25) is 0 Å². The summed E-state index contributed by atoms with van der Waals surface area (Å²) < 4.78 is 0. The zero-order valence-corrected chi connectivity index (χ0v) is 21.5. The molecule has 0 aliphatic rings. The van der Waals surface area contributed by atoms with Crippen LogP contribution in [-0.4, -0.2) is 29.3 Å². The molecule has 0 saturated heterocycles. The second-order valence-electron chi connectivity index (χ2n) is 9.78. The maximum atomic E-state index is 13.7. The fourth-order valence-electron chi connectivity index (χ4n) is 4.10. The van der Waals surface area contributed by atoms with E-state index < -0.39 is 6.04 Å². The summed E-state index contributed by atoms with van der Waals surface area (Å²) in [7, 11) is 0.